The van der Waals surface area contributed by atoms with Gasteiger partial charge in [0.05, 0.1) is 0 Å². The molecule has 1 aromatic rings. The molecule has 1 heterocycles. The highest BCUT2D eigenvalue weighted by molar-refractivity contribution is 7.89. The zero-order chi connectivity index (χ0) is 14.8. The Hall–Kier alpha value is -0.980. The van der Waals surface area contributed by atoms with Crippen LogP contribution in [0.1, 0.15) is 32.6 Å². The van der Waals surface area contributed by atoms with Gasteiger partial charge in [-0.3, -0.25) is 4.98 Å². The fourth-order valence-corrected chi connectivity index (χ4v) is 4.66. The largest absolute Gasteiger partial charge is 0.329 e. The van der Waals surface area contributed by atoms with Gasteiger partial charge < -0.3 is 5.73 Å². The van der Waals surface area contributed by atoms with Crippen LogP contribution in [0, 0.1) is 5.92 Å². The van der Waals surface area contributed by atoms with Gasteiger partial charge in [-0.05, 0) is 30.9 Å². The second-order valence-corrected chi connectivity index (χ2v) is 7.76. The van der Waals surface area contributed by atoms with Gasteiger partial charge >= 0.3 is 0 Å². The molecule has 6 heteroatoms. The van der Waals surface area contributed by atoms with Gasteiger partial charge in [-0.15, -0.1) is 0 Å². The maximum atomic E-state index is 12.7. The number of nitrogens with zero attached hydrogens (tertiary/aromatic N) is 2. The lowest BCUT2D eigenvalue weighted by atomic mass is 9.76. The van der Waals surface area contributed by atoms with Crippen molar-refractivity contribution >= 4 is 10.0 Å². The van der Waals surface area contributed by atoms with Crippen LogP contribution in [-0.2, 0) is 10.0 Å². The minimum atomic E-state index is -3.54. The van der Waals surface area contributed by atoms with Gasteiger partial charge in [0.1, 0.15) is 4.90 Å². The van der Waals surface area contributed by atoms with Crippen molar-refractivity contribution in [2.45, 2.75) is 43.0 Å². The molecule has 0 spiro atoms. The molecule has 1 aliphatic rings. The number of nitrogens with two attached hydrogens (primary N) is 1. The first-order valence-electron chi connectivity index (χ1n) is 7.01. The van der Waals surface area contributed by atoms with Crippen LogP contribution in [-0.4, -0.2) is 36.8 Å². The Labute approximate surface area is 121 Å². The molecule has 0 radical (unpaired) electrons. The summed E-state index contributed by atoms with van der Waals surface area (Å²) in [7, 11) is -1.90. The van der Waals surface area contributed by atoms with E-state index in [-0.39, 0.29) is 4.90 Å². The summed E-state index contributed by atoms with van der Waals surface area (Å²) in [6.45, 7) is 2.52. The molecule has 1 fully saturated rings. The van der Waals surface area contributed by atoms with Gasteiger partial charge in [0.25, 0.3) is 0 Å². The standard InChI is InChI=1S/C14H23N3O2S/c1-12-5-3-7-14(9-12,11-15)17(2)20(18,19)13-6-4-8-16-10-13/h4,6,8,10,12H,3,5,7,9,11,15H2,1-2H3. The van der Waals surface area contributed by atoms with E-state index in [1.165, 1.54) is 10.5 Å². The summed E-state index contributed by atoms with van der Waals surface area (Å²) in [4.78, 5) is 4.14. The zero-order valence-electron chi connectivity index (χ0n) is 12.1. The molecular formula is C14H23N3O2S. The molecule has 1 aromatic heterocycles. The Kier molecular flexibility index (Phi) is 4.46. The van der Waals surface area contributed by atoms with Crippen molar-refractivity contribution in [2.24, 2.45) is 11.7 Å². The van der Waals surface area contributed by atoms with E-state index in [0.717, 1.165) is 25.7 Å². The van der Waals surface area contributed by atoms with Gasteiger partial charge in [-0.2, -0.15) is 4.31 Å². The van der Waals surface area contributed by atoms with Crippen molar-refractivity contribution in [3.05, 3.63) is 24.5 Å². The summed E-state index contributed by atoms with van der Waals surface area (Å²) < 4.78 is 26.9. The highest BCUT2D eigenvalue weighted by atomic mass is 32.2. The lowest BCUT2D eigenvalue weighted by Crippen LogP contribution is -2.56. The third kappa shape index (κ3) is 2.73. The van der Waals surface area contributed by atoms with Gasteiger partial charge in [0.2, 0.25) is 10.0 Å². The summed E-state index contributed by atoms with van der Waals surface area (Å²) in [6.07, 6.45) is 6.76. The number of likely N-dealkylation sites (N-methyl/N-ethyl adjacent to an activating group) is 1. The minimum absolute atomic E-state index is 0.230. The van der Waals surface area contributed by atoms with Crippen molar-refractivity contribution in [3.8, 4) is 0 Å². The number of hydrogen-bond donors (Lipinski definition) is 1. The maximum absolute atomic E-state index is 12.7. The fourth-order valence-electron chi connectivity index (χ4n) is 3.15. The maximum Gasteiger partial charge on any atom is 0.244 e. The normalized spacial score (nSPS) is 27.7. The van der Waals surface area contributed by atoms with E-state index in [1.807, 2.05) is 0 Å². The number of pyridine rings is 1. The highest BCUT2D eigenvalue weighted by Gasteiger charge is 2.43. The van der Waals surface area contributed by atoms with Gasteiger partial charge in [-0.1, -0.05) is 19.8 Å². The van der Waals surface area contributed by atoms with Crippen LogP contribution < -0.4 is 5.73 Å². The Morgan fingerprint density at radius 2 is 2.30 bits per heavy atom. The quantitative estimate of drug-likeness (QED) is 0.916. The number of aromatic nitrogens is 1. The first-order chi connectivity index (χ1) is 9.42. The highest BCUT2D eigenvalue weighted by Crippen LogP contribution is 2.38. The van der Waals surface area contributed by atoms with E-state index in [2.05, 4.69) is 11.9 Å². The predicted octanol–water partition coefficient (Wildman–Crippen LogP) is 1.61. The molecule has 20 heavy (non-hydrogen) atoms. The Morgan fingerprint density at radius 1 is 1.55 bits per heavy atom. The van der Waals surface area contributed by atoms with E-state index in [0.29, 0.717) is 12.5 Å². The number of sulfonamides is 1. The monoisotopic (exact) mass is 297 g/mol. The van der Waals surface area contributed by atoms with Crippen molar-refractivity contribution in [2.75, 3.05) is 13.6 Å². The van der Waals surface area contributed by atoms with Crippen molar-refractivity contribution in [1.29, 1.82) is 0 Å². The van der Waals surface area contributed by atoms with E-state index in [4.69, 9.17) is 5.73 Å². The number of rotatable bonds is 4. The van der Waals surface area contributed by atoms with Crippen LogP contribution in [0.15, 0.2) is 29.4 Å². The lowest BCUT2D eigenvalue weighted by molar-refractivity contribution is 0.127. The number of hydrogen-bond acceptors (Lipinski definition) is 4. The zero-order valence-corrected chi connectivity index (χ0v) is 12.9. The molecule has 2 atom stereocenters. The average molecular weight is 297 g/mol. The van der Waals surface area contributed by atoms with E-state index >= 15 is 0 Å². The van der Waals surface area contributed by atoms with Crippen LogP contribution in [0.25, 0.3) is 0 Å². The van der Waals surface area contributed by atoms with Crippen molar-refractivity contribution in [3.63, 3.8) is 0 Å². The van der Waals surface area contributed by atoms with E-state index in [1.54, 1.807) is 25.4 Å². The average Bonchev–Trinajstić information content (AvgIpc) is 2.47. The molecule has 1 aliphatic carbocycles. The van der Waals surface area contributed by atoms with Crippen LogP contribution >= 0.6 is 0 Å². The summed E-state index contributed by atoms with van der Waals surface area (Å²) in [5.41, 5.74) is 5.49. The van der Waals surface area contributed by atoms with Crippen LogP contribution in [0.4, 0.5) is 0 Å². The van der Waals surface area contributed by atoms with Crippen LogP contribution in [0.2, 0.25) is 0 Å². The van der Waals surface area contributed by atoms with Gasteiger partial charge in [-0.25, -0.2) is 8.42 Å². The van der Waals surface area contributed by atoms with Crippen LogP contribution in [0.3, 0.4) is 0 Å². The smallest absolute Gasteiger partial charge is 0.244 e. The van der Waals surface area contributed by atoms with Crippen molar-refractivity contribution in [1.82, 2.24) is 9.29 Å². The molecule has 0 amide bonds. The predicted molar refractivity (Wildman–Crippen MR) is 78.6 cm³/mol. The third-order valence-corrected chi connectivity index (χ3v) is 6.35. The van der Waals surface area contributed by atoms with E-state index in [9.17, 15) is 8.42 Å². The second kappa shape index (κ2) is 5.79. The minimum Gasteiger partial charge on any atom is -0.329 e. The molecule has 0 aromatic carbocycles. The van der Waals surface area contributed by atoms with Gasteiger partial charge in [0.15, 0.2) is 0 Å². The summed E-state index contributed by atoms with van der Waals surface area (Å²) >= 11 is 0. The molecule has 0 saturated heterocycles. The van der Waals surface area contributed by atoms with Crippen molar-refractivity contribution < 1.29 is 8.42 Å². The van der Waals surface area contributed by atoms with E-state index < -0.39 is 15.6 Å². The van der Waals surface area contributed by atoms with Crippen LogP contribution in [0.5, 0.6) is 0 Å². The SMILES string of the molecule is CC1CCCC(CN)(N(C)S(=O)(=O)c2cccnc2)C1. The summed E-state index contributed by atoms with van der Waals surface area (Å²) in [5.74, 6) is 0.499. The molecule has 0 bridgehead atoms. The molecule has 1 saturated carbocycles. The Balaban J connectivity index is 2.35. The second-order valence-electron chi connectivity index (χ2n) is 5.79. The molecule has 0 aliphatic heterocycles. The molecule has 2 N–H and O–H groups in total. The fraction of sp³-hybridized carbons (Fsp3) is 0.643. The summed E-state index contributed by atoms with van der Waals surface area (Å²) in [6, 6.07) is 3.22. The Bertz CT molecular complexity index is 547. The molecule has 2 unspecified atom stereocenters. The summed E-state index contributed by atoms with van der Waals surface area (Å²) in [5, 5.41) is 0. The van der Waals surface area contributed by atoms with Gasteiger partial charge in [0, 0.05) is 31.5 Å². The first-order valence-corrected chi connectivity index (χ1v) is 8.45. The first kappa shape index (κ1) is 15.4. The topological polar surface area (TPSA) is 76.3 Å². The molecular weight excluding hydrogens is 274 g/mol. The molecule has 2 rings (SSSR count). The molecule has 112 valence electrons. The molecule has 5 nitrogen and oxygen atoms in total. The third-order valence-electron chi connectivity index (χ3n) is 4.41. The Morgan fingerprint density at radius 3 is 2.85 bits per heavy atom. The lowest BCUT2D eigenvalue weighted by Gasteiger charge is -2.45.